The molecule has 0 radical (unpaired) electrons. The van der Waals surface area contributed by atoms with E-state index in [1.807, 2.05) is 30.3 Å². The Hall–Kier alpha value is -3.06. The van der Waals surface area contributed by atoms with E-state index in [4.69, 9.17) is 0 Å². The number of hydrogen-bond donors (Lipinski definition) is 3. The van der Waals surface area contributed by atoms with Gasteiger partial charge in [0, 0.05) is 23.2 Å². The molecule has 3 aromatic heterocycles. The van der Waals surface area contributed by atoms with Crippen LogP contribution in [0.5, 0.6) is 0 Å². The van der Waals surface area contributed by atoms with Crippen molar-refractivity contribution in [1.29, 1.82) is 0 Å². The lowest BCUT2D eigenvalue weighted by Gasteiger charge is -2.12. The molecule has 0 aliphatic heterocycles. The van der Waals surface area contributed by atoms with Crippen LogP contribution in [0.15, 0.2) is 42.9 Å². The maximum Gasteiger partial charge on any atom is 0.183 e. The number of nitrogens with zero attached hydrogens (tertiary/aromatic N) is 4. The molecule has 1 aliphatic rings. The minimum Gasteiger partial charge on any atom is -0.393 e. The summed E-state index contributed by atoms with van der Waals surface area (Å²) in [5.74, 6) is 1.73. The predicted molar refractivity (Wildman–Crippen MR) is 104 cm³/mol. The van der Waals surface area contributed by atoms with Gasteiger partial charge in [-0.2, -0.15) is 0 Å². The zero-order chi connectivity index (χ0) is 18.4. The van der Waals surface area contributed by atoms with Gasteiger partial charge in [0.2, 0.25) is 0 Å². The smallest absolute Gasteiger partial charge is 0.183 e. The number of para-hydroxylation sites is 1. The average molecular weight is 360 g/mol. The number of pyridine rings is 1. The Morgan fingerprint density at radius 3 is 2.85 bits per heavy atom. The van der Waals surface area contributed by atoms with E-state index in [2.05, 4.69) is 37.2 Å². The largest absolute Gasteiger partial charge is 0.393 e. The third kappa shape index (κ3) is 2.80. The summed E-state index contributed by atoms with van der Waals surface area (Å²) in [4.78, 5) is 21.2. The molecule has 0 spiro atoms. The topological polar surface area (TPSA) is 99.6 Å². The zero-order valence-electron chi connectivity index (χ0n) is 14.9. The summed E-state index contributed by atoms with van der Waals surface area (Å²) in [6, 6.07) is 10.2. The molecule has 136 valence electrons. The van der Waals surface area contributed by atoms with Crippen molar-refractivity contribution in [2.45, 2.75) is 31.9 Å². The molecule has 3 atom stereocenters. The van der Waals surface area contributed by atoms with Crippen molar-refractivity contribution in [3.05, 3.63) is 42.9 Å². The SMILES string of the molecule is C[C@H]1C[C@@H](Nc2ncnc3nc(-c4cccc5cccnc45)[nH]c23)C[C@@H]1O. The lowest BCUT2D eigenvalue weighted by atomic mass is 10.1. The molecule has 1 saturated carbocycles. The van der Waals surface area contributed by atoms with E-state index in [1.54, 1.807) is 6.20 Å². The summed E-state index contributed by atoms with van der Waals surface area (Å²) < 4.78 is 0. The number of hydrogen-bond acceptors (Lipinski definition) is 6. The molecule has 1 aromatic carbocycles. The molecule has 0 unspecified atom stereocenters. The fourth-order valence-corrected chi connectivity index (χ4v) is 3.90. The average Bonchev–Trinajstić information content (AvgIpc) is 3.25. The molecule has 27 heavy (non-hydrogen) atoms. The molecule has 7 heteroatoms. The molecular weight excluding hydrogens is 340 g/mol. The van der Waals surface area contributed by atoms with Gasteiger partial charge in [-0.3, -0.25) is 4.98 Å². The van der Waals surface area contributed by atoms with E-state index in [0.717, 1.165) is 46.5 Å². The summed E-state index contributed by atoms with van der Waals surface area (Å²) in [7, 11) is 0. The van der Waals surface area contributed by atoms with Crippen molar-refractivity contribution in [1.82, 2.24) is 24.9 Å². The quantitative estimate of drug-likeness (QED) is 0.519. The number of aliphatic hydroxyl groups excluding tert-OH is 1. The molecule has 3 heterocycles. The predicted octanol–water partition coefficient (Wildman–Crippen LogP) is 3.14. The number of aliphatic hydroxyl groups is 1. The first-order chi connectivity index (χ1) is 13.2. The lowest BCUT2D eigenvalue weighted by Crippen LogP contribution is -2.17. The molecule has 1 aliphatic carbocycles. The van der Waals surface area contributed by atoms with Crippen LogP contribution < -0.4 is 5.32 Å². The van der Waals surface area contributed by atoms with Crippen LogP contribution in [0.3, 0.4) is 0 Å². The molecule has 3 N–H and O–H groups in total. The number of fused-ring (bicyclic) bond motifs is 2. The molecule has 1 fully saturated rings. The normalized spacial score (nSPS) is 22.5. The van der Waals surface area contributed by atoms with Crippen LogP contribution >= 0.6 is 0 Å². The van der Waals surface area contributed by atoms with Crippen molar-refractivity contribution in [2.24, 2.45) is 5.92 Å². The zero-order valence-corrected chi connectivity index (χ0v) is 14.9. The number of benzene rings is 1. The highest BCUT2D eigenvalue weighted by molar-refractivity contribution is 5.94. The first-order valence-electron chi connectivity index (χ1n) is 9.18. The monoisotopic (exact) mass is 360 g/mol. The number of anilines is 1. The maximum absolute atomic E-state index is 10.0. The molecule has 0 saturated heterocycles. The Labute approximate surface area is 155 Å². The Kier molecular flexibility index (Phi) is 3.75. The highest BCUT2D eigenvalue weighted by Crippen LogP contribution is 2.31. The fraction of sp³-hybridized carbons (Fsp3) is 0.300. The van der Waals surface area contributed by atoms with Gasteiger partial charge in [0.15, 0.2) is 11.5 Å². The number of H-pyrrole nitrogens is 1. The van der Waals surface area contributed by atoms with Crippen LogP contribution in [0.2, 0.25) is 0 Å². The molecule has 4 aromatic rings. The molecule has 0 bridgehead atoms. The van der Waals surface area contributed by atoms with Gasteiger partial charge in [-0.1, -0.05) is 25.1 Å². The van der Waals surface area contributed by atoms with E-state index in [9.17, 15) is 5.11 Å². The lowest BCUT2D eigenvalue weighted by molar-refractivity contribution is 0.141. The van der Waals surface area contributed by atoms with Crippen molar-refractivity contribution in [2.75, 3.05) is 5.32 Å². The van der Waals surface area contributed by atoms with Crippen LogP contribution in [-0.2, 0) is 0 Å². The van der Waals surface area contributed by atoms with Crippen LogP contribution in [-0.4, -0.2) is 42.2 Å². The van der Waals surface area contributed by atoms with Gasteiger partial charge >= 0.3 is 0 Å². The van der Waals surface area contributed by atoms with E-state index in [0.29, 0.717) is 11.6 Å². The second-order valence-electron chi connectivity index (χ2n) is 7.24. The highest BCUT2D eigenvalue weighted by atomic mass is 16.3. The van der Waals surface area contributed by atoms with E-state index >= 15 is 0 Å². The molecule has 5 rings (SSSR count). The Morgan fingerprint density at radius 1 is 1.11 bits per heavy atom. The first kappa shape index (κ1) is 16.1. The van der Waals surface area contributed by atoms with Gasteiger partial charge in [0.25, 0.3) is 0 Å². The number of rotatable bonds is 3. The summed E-state index contributed by atoms with van der Waals surface area (Å²) in [5, 5.41) is 14.5. The number of nitrogens with one attached hydrogen (secondary N) is 2. The van der Waals surface area contributed by atoms with Gasteiger partial charge in [0.05, 0.1) is 11.6 Å². The van der Waals surface area contributed by atoms with Crippen LogP contribution in [0.25, 0.3) is 33.5 Å². The van der Waals surface area contributed by atoms with Gasteiger partial charge < -0.3 is 15.4 Å². The Balaban J connectivity index is 1.56. The summed E-state index contributed by atoms with van der Waals surface area (Å²) >= 11 is 0. The minimum absolute atomic E-state index is 0.194. The van der Waals surface area contributed by atoms with Crippen molar-refractivity contribution in [3.63, 3.8) is 0 Å². The van der Waals surface area contributed by atoms with Gasteiger partial charge in [-0.25, -0.2) is 15.0 Å². The number of aromatic nitrogens is 5. The number of aromatic amines is 1. The number of imidazole rings is 1. The van der Waals surface area contributed by atoms with E-state index in [-0.39, 0.29) is 12.1 Å². The second-order valence-corrected chi connectivity index (χ2v) is 7.24. The highest BCUT2D eigenvalue weighted by Gasteiger charge is 2.30. The Bertz CT molecular complexity index is 1110. The van der Waals surface area contributed by atoms with E-state index in [1.165, 1.54) is 6.33 Å². The van der Waals surface area contributed by atoms with Crippen LogP contribution in [0.1, 0.15) is 19.8 Å². The fourth-order valence-electron chi connectivity index (χ4n) is 3.90. The Morgan fingerprint density at radius 2 is 2.00 bits per heavy atom. The third-order valence-corrected chi connectivity index (χ3v) is 5.36. The minimum atomic E-state index is -0.265. The molecule has 0 amide bonds. The summed E-state index contributed by atoms with van der Waals surface area (Å²) in [6.07, 6.45) is 4.68. The third-order valence-electron chi connectivity index (χ3n) is 5.36. The van der Waals surface area contributed by atoms with Gasteiger partial charge in [-0.05, 0) is 30.9 Å². The second kappa shape index (κ2) is 6.28. The van der Waals surface area contributed by atoms with Gasteiger partial charge in [-0.15, -0.1) is 0 Å². The van der Waals surface area contributed by atoms with Crippen LogP contribution in [0.4, 0.5) is 5.82 Å². The first-order valence-corrected chi connectivity index (χ1v) is 9.18. The van der Waals surface area contributed by atoms with Crippen molar-refractivity contribution in [3.8, 4) is 11.4 Å². The summed E-state index contributed by atoms with van der Waals surface area (Å²) in [5.41, 5.74) is 3.22. The van der Waals surface area contributed by atoms with Crippen molar-refractivity contribution < 1.29 is 5.11 Å². The standard InChI is InChI=1S/C20H20N6O/c1-11-8-13(9-15(11)27)24-19-17-20(23-10-22-19)26-18(25-17)14-6-2-4-12-5-3-7-21-16(12)14/h2-7,10-11,13,15,27H,8-9H2,1H3,(H2,22,23,24,25,26)/t11-,13+,15-/m0/s1. The van der Waals surface area contributed by atoms with E-state index < -0.39 is 0 Å². The van der Waals surface area contributed by atoms with Crippen LogP contribution in [0, 0.1) is 5.92 Å². The molecular formula is C20H20N6O. The summed E-state index contributed by atoms with van der Waals surface area (Å²) in [6.45, 7) is 2.07. The maximum atomic E-state index is 10.0. The van der Waals surface area contributed by atoms with Gasteiger partial charge in [0.1, 0.15) is 17.7 Å². The molecule has 7 nitrogen and oxygen atoms in total. The van der Waals surface area contributed by atoms with Crippen molar-refractivity contribution >= 4 is 27.9 Å².